The van der Waals surface area contributed by atoms with Gasteiger partial charge in [0.2, 0.25) is 17.7 Å². The van der Waals surface area contributed by atoms with Crippen LogP contribution in [-0.4, -0.2) is 99.0 Å². The fourth-order valence-corrected chi connectivity index (χ4v) is 5.04. The number of aliphatic hydroxyl groups is 1. The maximum absolute atomic E-state index is 13.7. The van der Waals surface area contributed by atoms with Gasteiger partial charge in [0.1, 0.15) is 12.1 Å². The lowest BCUT2D eigenvalue weighted by Gasteiger charge is -2.34. The first-order valence-electron chi connectivity index (χ1n) is 12.7. The number of aromatic nitrogens is 3. The standard InChI is InChI=1S/C24H39N7O4/c1-24(2,3)21(31-14-18(27-28-31)15-5-6-15)23(35)30-13-17(32)11-19(30)22(34)25-12-20(33)26-16-7-9-29(4)10-8-16/h14-17,19,21,32H,5-13H2,1-4H3,(H,25,34)(H,26,33)/t17?,19?,21-/m1/s1. The number of hydrogen-bond donors (Lipinski definition) is 3. The topological polar surface area (TPSA) is 133 Å². The Kier molecular flexibility index (Phi) is 7.46. The average molecular weight is 490 g/mol. The summed E-state index contributed by atoms with van der Waals surface area (Å²) in [4.78, 5) is 42.8. The molecular formula is C24H39N7O4. The fraction of sp³-hybridized carbons (Fsp3) is 0.792. The molecule has 1 saturated carbocycles. The van der Waals surface area contributed by atoms with Gasteiger partial charge in [-0.15, -0.1) is 5.10 Å². The Balaban J connectivity index is 1.39. The lowest BCUT2D eigenvalue weighted by atomic mass is 9.85. The largest absolute Gasteiger partial charge is 0.391 e. The molecule has 35 heavy (non-hydrogen) atoms. The summed E-state index contributed by atoms with van der Waals surface area (Å²) in [5.74, 6) is -0.546. The number of likely N-dealkylation sites (tertiary alicyclic amines) is 2. The molecule has 3 amide bonds. The fourth-order valence-electron chi connectivity index (χ4n) is 5.04. The normalized spacial score (nSPS) is 24.9. The van der Waals surface area contributed by atoms with Crippen molar-refractivity contribution in [2.24, 2.45) is 5.41 Å². The smallest absolute Gasteiger partial charge is 0.248 e. The molecule has 3 atom stereocenters. The van der Waals surface area contributed by atoms with Crippen LogP contribution in [-0.2, 0) is 14.4 Å². The lowest BCUT2D eigenvalue weighted by Crippen LogP contribution is -2.52. The number of nitrogens with one attached hydrogen (secondary N) is 2. The van der Waals surface area contributed by atoms with Crippen molar-refractivity contribution in [1.82, 2.24) is 35.4 Å². The number of nitrogens with zero attached hydrogens (tertiary/aromatic N) is 5. The Morgan fingerprint density at radius 3 is 2.49 bits per heavy atom. The van der Waals surface area contributed by atoms with Gasteiger partial charge in [-0.3, -0.25) is 14.4 Å². The maximum Gasteiger partial charge on any atom is 0.248 e. The van der Waals surface area contributed by atoms with Gasteiger partial charge in [-0.1, -0.05) is 26.0 Å². The molecule has 11 heteroatoms. The second-order valence-electron chi connectivity index (χ2n) is 11.4. The van der Waals surface area contributed by atoms with E-state index in [0.717, 1.165) is 44.5 Å². The molecule has 0 radical (unpaired) electrons. The predicted molar refractivity (Wildman–Crippen MR) is 128 cm³/mol. The van der Waals surface area contributed by atoms with Crippen LogP contribution < -0.4 is 10.6 Å². The van der Waals surface area contributed by atoms with Crippen LogP contribution in [0.3, 0.4) is 0 Å². The summed E-state index contributed by atoms with van der Waals surface area (Å²) in [6.45, 7) is 7.61. The third kappa shape index (κ3) is 6.19. The maximum atomic E-state index is 13.7. The summed E-state index contributed by atoms with van der Waals surface area (Å²) in [6.07, 6.45) is 5.09. The van der Waals surface area contributed by atoms with E-state index in [4.69, 9.17) is 0 Å². The van der Waals surface area contributed by atoms with Crippen LogP contribution in [0.15, 0.2) is 6.20 Å². The summed E-state index contributed by atoms with van der Waals surface area (Å²) in [5.41, 5.74) is 0.395. The van der Waals surface area contributed by atoms with Crippen molar-refractivity contribution in [2.75, 3.05) is 33.2 Å². The molecular weight excluding hydrogens is 450 g/mol. The molecule has 2 unspecified atom stereocenters. The number of piperidine rings is 1. The lowest BCUT2D eigenvalue weighted by molar-refractivity contribution is -0.144. The number of rotatable bonds is 7. The van der Waals surface area contributed by atoms with Gasteiger partial charge >= 0.3 is 0 Å². The highest BCUT2D eigenvalue weighted by Gasteiger charge is 2.45. The van der Waals surface area contributed by atoms with Gasteiger partial charge in [-0.25, -0.2) is 4.68 Å². The summed E-state index contributed by atoms with van der Waals surface area (Å²) in [7, 11) is 2.06. The highest BCUT2D eigenvalue weighted by molar-refractivity contribution is 5.92. The molecule has 4 rings (SSSR count). The summed E-state index contributed by atoms with van der Waals surface area (Å²) < 4.78 is 1.60. The molecule has 0 aromatic carbocycles. The summed E-state index contributed by atoms with van der Waals surface area (Å²) in [6, 6.07) is -1.40. The minimum Gasteiger partial charge on any atom is -0.391 e. The first-order valence-corrected chi connectivity index (χ1v) is 12.7. The third-order valence-electron chi connectivity index (χ3n) is 7.21. The number of β-amino-alcohol motifs (C(OH)–C–C–N with tert-alkyl or cyclic N) is 1. The van der Waals surface area contributed by atoms with Crippen LogP contribution in [0.4, 0.5) is 0 Å². The van der Waals surface area contributed by atoms with Crippen LogP contribution in [0.5, 0.6) is 0 Å². The minimum absolute atomic E-state index is 0.0649. The quantitative estimate of drug-likeness (QED) is 0.492. The Morgan fingerprint density at radius 2 is 1.86 bits per heavy atom. The van der Waals surface area contributed by atoms with E-state index >= 15 is 0 Å². The van der Waals surface area contributed by atoms with E-state index in [-0.39, 0.29) is 37.4 Å². The number of aliphatic hydroxyl groups excluding tert-OH is 1. The molecule has 1 aromatic rings. The minimum atomic E-state index is -0.843. The molecule has 0 spiro atoms. The van der Waals surface area contributed by atoms with Gasteiger partial charge in [0.15, 0.2) is 0 Å². The molecule has 194 valence electrons. The van der Waals surface area contributed by atoms with E-state index in [1.807, 2.05) is 27.0 Å². The molecule has 3 heterocycles. The molecule has 3 aliphatic rings. The monoisotopic (exact) mass is 489 g/mol. The number of carbonyl (C=O) groups excluding carboxylic acids is 3. The van der Waals surface area contributed by atoms with Crippen LogP contribution in [0.25, 0.3) is 0 Å². The number of amides is 3. The van der Waals surface area contributed by atoms with E-state index in [1.54, 1.807) is 4.68 Å². The second-order valence-corrected chi connectivity index (χ2v) is 11.4. The highest BCUT2D eigenvalue weighted by atomic mass is 16.3. The van der Waals surface area contributed by atoms with Crippen molar-refractivity contribution in [2.45, 2.75) is 83.0 Å². The Morgan fingerprint density at radius 1 is 1.17 bits per heavy atom. The van der Waals surface area contributed by atoms with Gasteiger partial charge in [-0.2, -0.15) is 0 Å². The molecule has 3 N–H and O–H groups in total. The molecule has 1 aromatic heterocycles. The predicted octanol–water partition coefficient (Wildman–Crippen LogP) is 0.0311. The van der Waals surface area contributed by atoms with Crippen molar-refractivity contribution >= 4 is 17.7 Å². The summed E-state index contributed by atoms with van der Waals surface area (Å²) in [5, 5.41) is 24.5. The van der Waals surface area contributed by atoms with Gasteiger partial charge in [0.05, 0.1) is 18.3 Å². The van der Waals surface area contributed by atoms with Crippen molar-refractivity contribution in [3.05, 3.63) is 11.9 Å². The molecule has 11 nitrogen and oxygen atoms in total. The van der Waals surface area contributed by atoms with Crippen molar-refractivity contribution in [1.29, 1.82) is 0 Å². The Labute approximate surface area is 206 Å². The molecule has 1 aliphatic carbocycles. The van der Waals surface area contributed by atoms with Crippen molar-refractivity contribution < 1.29 is 19.5 Å². The van der Waals surface area contributed by atoms with Crippen LogP contribution in [0.1, 0.15) is 70.5 Å². The van der Waals surface area contributed by atoms with E-state index in [9.17, 15) is 19.5 Å². The number of hydrogen-bond acceptors (Lipinski definition) is 7. The zero-order valence-corrected chi connectivity index (χ0v) is 21.2. The molecule has 2 aliphatic heterocycles. The summed E-state index contributed by atoms with van der Waals surface area (Å²) >= 11 is 0. The highest BCUT2D eigenvalue weighted by Crippen LogP contribution is 2.40. The molecule has 0 bridgehead atoms. The van der Waals surface area contributed by atoms with E-state index in [1.165, 1.54) is 4.90 Å². The third-order valence-corrected chi connectivity index (χ3v) is 7.21. The van der Waals surface area contributed by atoms with E-state index in [0.29, 0.717) is 5.92 Å². The van der Waals surface area contributed by atoms with Crippen LogP contribution >= 0.6 is 0 Å². The van der Waals surface area contributed by atoms with Crippen molar-refractivity contribution in [3.8, 4) is 0 Å². The van der Waals surface area contributed by atoms with E-state index in [2.05, 4.69) is 32.9 Å². The first kappa shape index (κ1) is 25.6. The Bertz CT molecular complexity index is 931. The SMILES string of the molecule is CN1CCC(NC(=O)CNC(=O)C2CC(O)CN2C(=O)[C@@H](n2cc(C3CC3)nn2)C(C)(C)C)CC1. The van der Waals surface area contributed by atoms with Gasteiger partial charge in [0, 0.05) is 31.1 Å². The average Bonchev–Trinajstić information content (AvgIpc) is 3.40. The zero-order chi connectivity index (χ0) is 25.3. The second kappa shape index (κ2) is 10.2. The van der Waals surface area contributed by atoms with Gasteiger partial charge in [0.25, 0.3) is 0 Å². The Hall–Kier alpha value is -2.53. The molecule has 2 saturated heterocycles. The van der Waals surface area contributed by atoms with Crippen LogP contribution in [0, 0.1) is 5.41 Å². The van der Waals surface area contributed by atoms with Crippen molar-refractivity contribution in [3.63, 3.8) is 0 Å². The number of carbonyl (C=O) groups is 3. The van der Waals surface area contributed by atoms with Crippen LogP contribution in [0.2, 0.25) is 0 Å². The van der Waals surface area contributed by atoms with E-state index < -0.39 is 29.5 Å². The van der Waals surface area contributed by atoms with Gasteiger partial charge in [-0.05, 0) is 51.2 Å². The zero-order valence-electron chi connectivity index (χ0n) is 21.2. The first-order chi connectivity index (χ1) is 16.5. The molecule has 3 fully saturated rings. The van der Waals surface area contributed by atoms with Gasteiger partial charge < -0.3 is 25.5 Å².